The molecule has 0 fully saturated rings. The van der Waals surface area contributed by atoms with Crippen LogP contribution in [0.5, 0.6) is 0 Å². The van der Waals surface area contributed by atoms with E-state index in [1.54, 1.807) is 0 Å². The maximum absolute atomic E-state index is 2.56. The molecule has 2 aliphatic carbocycles. The first-order valence-electron chi connectivity index (χ1n) is 19.4. The second kappa shape index (κ2) is 13.9. The normalized spacial score (nSPS) is 18.1. The van der Waals surface area contributed by atoms with Crippen LogP contribution in [0.3, 0.4) is 0 Å². The van der Waals surface area contributed by atoms with Gasteiger partial charge in [-0.15, -0.1) is 23.1 Å². The molecule has 0 saturated carbocycles. The molecule has 0 bridgehead atoms. The first kappa shape index (κ1) is 33.3. The van der Waals surface area contributed by atoms with E-state index in [4.69, 9.17) is 0 Å². The smallest absolute Gasteiger partial charge is 0.0730 e. The fourth-order valence-corrected chi connectivity index (χ4v) is 11.5. The SMILES string of the molecule is C1=CCC(N(c2ccc(-c3ccc(-c4ccccc4)cc3)cc2)c2ccc(-c3ccc(-n4c5c(c6sc7ccccc7c64)SC4C=CC=CC54)cc3)cc2)C=C1. The maximum Gasteiger partial charge on any atom is 0.0730 e. The molecular formula is C52H38N2S2. The maximum atomic E-state index is 2.56. The highest BCUT2D eigenvalue weighted by Gasteiger charge is 2.38. The zero-order valence-electron chi connectivity index (χ0n) is 30.7. The summed E-state index contributed by atoms with van der Waals surface area (Å²) in [4.78, 5) is 3.92. The summed E-state index contributed by atoms with van der Waals surface area (Å²) in [6.07, 6.45) is 19.1. The zero-order valence-corrected chi connectivity index (χ0v) is 32.3. The minimum absolute atomic E-state index is 0.238. The van der Waals surface area contributed by atoms with Gasteiger partial charge in [0.2, 0.25) is 0 Å². The number of benzene rings is 6. The third-order valence-electron chi connectivity index (χ3n) is 11.5. The van der Waals surface area contributed by atoms with Crippen LogP contribution in [0.2, 0.25) is 0 Å². The van der Waals surface area contributed by atoms with Crippen molar-refractivity contribution in [1.82, 2.24) is 4.57 Å². The third-order valence-corrected chi connectivity index (χ3v) is 14.2. The van der Waals surface area contributed by atoms with Gasteiger partial charge in [-0.05, 0) is 82.3 Å². The molecule has 3 atom stereocenters. The standard InChI is InChI=1S/C52H38N2S2/c1-3-11-35(12-4-1)36-19-21-37(22-20-36)38-23-29-42(30-24-38)53(41-13-5-2-6-14-41)43-31-25-39(26-32-43)40-27-33-44(34-28-40)54-49-45-15-7-9-17-47(45)55-51(49)52-50(54)46-16-8-10-18-48(46)56-52/h1-13,15-34,41,45,47H,14H2. The Labute approximate surface area is 336 Å². The molecule has 0 radical (unpaired) electrons. The molecule has 0 spiro atoms. The topological polar surface area (TPSA) is 8.17 Å². The van der Waals surface area contributed by atoms with Crippen molar-refractivity contribution in [3.63, 3.8) is 0 Å². The Morgan fingerprint density at radius 2 is 1.07 bits per heavy atom. The molecule has 4 heteroatoms. The van der Waals surface area contributed by atoms with Gasteiger partial charge in [0.15, 0.2) is 0 Å². The lowest BCUT2D eigenvalue weighted by atomic mass is 9.97. The Morgan fingerprint density at radius 1 is 0.518 bits per heavy atom. The van der Waals surface area contributed by atoms with Crippen LogP contribution in [0.4, 0.5) is 11.4 Å². The number of hydrogen-bond donors (Lipinski definition) is 0. The largest absolute Gasteiger partial charge is 0.334 e. The van der Waals surface area contributed by atoms with Gasteiger partial charge in [0.05, 0.1) is 16.3 Å². The number of fused-ring (bicyclic) bond motifs is 7. The summed E-state index contributed by atoms with van der Waals surface area (Å²) < 4.78 is 5.33. The van der Waals surface area contributed by atoms with E-state index < -0.39 is 0 Å². The van der Waals surface area contributed by atoms with E-state index in [1.165, 1.54) is 81.3 Å². The van der Waals surface area contributed by atoms with E-state index in [-0.39, 0.29) is 6.04 Å². The van der Waals surface area contributed by atoms with Gasteiger partial charge in [-0.3, -0.25) is 0 Å². The Morgan fingerprint density at radius 3 is 1.71 bits per heavy atom. The lowest BCUT2D eigenvalue weighted by molar-refractivity contribution is 0.785. The number of anilines is 2. The quantitative estimate of drug-likeness (QED) is 0.160. The van der Waals surface area contributed by atoms with Crippen molar-refractivity contribution in [3.05, 3.63) is 206 Å². The molecule has 0 amide bonds. The van der Waals surface area contributed by atoms with E-state index in [1.807, 2.05) is 23.1 Å². The second-order valence-corrected chi connectivity index (χ2v) is 17.0. The number of allylic oxidation sites excluding steroid dienone is 5. The summed E-state index contributed by atoms with van der Waals surface area (Å²) in [5.41, 5.74) is 13.7. The van der Waals surface area contributed by atoms with Crippen LogP contribution >= 0.6 is 23.1 Å². The number of rotatable bonds is 7. The van der Waals surface area contributed by atoms with Crippen LogP contribution in [0.15, 0.2) is 205 Å². The predicted octanol–water partition coefficient (Wildman–Crippen LogP) is 14.6. The highest BCUT2D eigenvalue weighted by Crippen LogP contribution is 2.56. The molecule has 3 heterocycles. The summed E-state index contributed by atoms with van der Waals surface area (Å²) in [5.74, 6) is 0.380. The minimum atomic E-state index is 0.238. The van der Waals surface area contributed by atoms with Crippen molar-refractivity contribution in [3.8, 4) is 39.1 Å². The molecule has 3 aliphatic rings. The molecule has 1 aliphatic heterocycles. The average molecular weight is 755 g/mol. The molecule has 2 nitrogen and oxygen atoms in total. The predicted molar refractivity (Wildman–Crippen MR) is 241 cm³/mol. The van der Waals surface area contributed by atoms with Gasteiger partial charge in [0.25, 0.3) is 0 Å². The van der Waals surface area contributed by atoms with Crippen molar-refractivity contribution < 1.29 is 0 Å². The van der Waals surface area contributed by atoms with Crippen LogP contribution in [-0.4, -0.2) is 15.9 Å². The van der Waals surface area contributed by atoms with Crippen LogP contribution < -0.4 is 4.90 Å². The Kier molecular flexibility index (Phi) is 8.26. The molecule has 56 heavy (non-hydrogen) atoms. The fourth-order valence-electron chi connectivity index (χ4n) is 8.72. The van der Waals surface area contributed by atoms with Crippen LogP contribution in [0, 0.1) is 0 Å². The monoisotopic (exact) mass is 754 g/mol. The van der Waals surface area contributed by atoms with E-state index >= 15 is 0 Å². The highest BCUT2D eigenvalue weighted by molar-refractivity contribution is 8.00. The van der Waals surface area contributed by atoms with Gasteiger partial charge >= 0.3 is 0 Å². The molecule has 0 saturated heterocycles. The molecule has 268 valence electrons. The number of hydrogen-bond acceptors (Lipinski definition) is 3. The first-order valence-corrected chi connectivity index (χ1v) is 21.1. The molecule has 3 unspecified atom stereocenters. The second-order valence-electron chi connectivity index (χ2n) is 14.8. The summed E-state index contributed by atoms with van der Waals surface area (Å²) in [6, 6.07) is 56.0. The van der Waals surface area contributed by atoms with Gasteiger partial charge in [-0.1, -0.05) is 158 Å². The van der Waals surface area contributed by atoms with Crippen molar-refractivity contribution in [2.45, 2.75) is 28.5 Å². The van der Waals surface area contributed by atoms with Crippen LogP contribution in [0.1, 0.15) is 18.0 Å². The van der Waals surface area contributed by atoms with Gasteiger partial charge in [0, 0.05) is 48.9 Å². The summed E-state index contributed by atoms with van der Waals surface area (Å²) >= 11 is 3.97. The van der Waals surface area contributed by atoms with E-state index in [0.29, 0.717) is 11.2 Å². The van der Waals surface area contributed by atoms with Gasteiger partial charge < -0.3 is 9.47 Å². The molecule has 6 aromatic carbocycles. The Balaban J connectivity index is 0.895. The molecule has 11 rings (SSSR count). The zero-order chi connectivity index (χ0) is 37.0. The van der Waals surface area contributed by atoms with Crippen LogP contribution in [0.25, 0.3) is 59.4 Å². The van der Waals surface area contributed by atoms with Crippen molar-refractivity contribution in [2.75, 3.05) is 4.90 Å². The van der Waals surface area contributed by atoms with Crippen molar-refractivity contribution in [2.24, 2.45) is 0 Å². The minimum Gasteiger partial charge on any atom is -0.334 e. The van der Waals surface area contributed by atoms with E-state index in [9.17, 15) is 0 Å². The molecule has 8 aromatic rings. The Hall–Kier alpha value is -6.07. The van der Waals surface area contributed by atoms with Gasteiger partial charge in [0.1, 0.15) is 0 Å². The van der Waals surface area contributed by atoms with Crippen LogP contribution in [-0.2, 0) is 0 Å². The lowest BCUT2D eigenvalue weighted by Crippen LogP contribution is -2.29. The van der Waals surface area contributed by atoms with Crippen molar-refractivity contribution in [1.29, 1.82) is 0 Å². The molecule has 0 N–H and O–H groups in total. The molecule has 2 aromatic heterocycles. The molecular weight excluding hydrogens is 717 g/mol. The fraction of sp³-hybridized carbons (Fsp3) is 0.0769. The van der Waals surface area contributed by atoms with Gasteiger partial charge in [-0.25, -0.2) is 0 Å². The van der Waals surface area contributed by atoms with E-state index in [2.05, 4.69) is 210 Å². The number of thiophene rings is 1. The number of nitrogens with zero attached hydrogens (tertiary/aromatic N) is 2. The van der Waals surface area contributed by atoms with Gasteiger partial charge in [-0.2, -0.15) is 0 Å². The lowest BCUT2D eigenvalue weighted by Gasteiger charge is -2.33. The summed E-state index contributed by atoms with van der Waals surface area (Å²) in [6.45, 7) is 0. The van der Waals surface area contributed by atoms with E-state index in [0.717, 1.165) is 6.42 Å². The highest BCUT2D eigenvalue weighted by atomic mass is 32.2. The summed E-state index contributed by atoms with van der Waals surface area (Å²) in [5, 5.41) is 1.80. The number of thioether (sulfide) groups is 1. The Bertz CT molecular complexity index is 2840. The average Bonchev–Trinajstić information content (AvgIpc) is 3.94. The third kappa shape index (κ3) is 5.71. The van der Waals surface area contributed by atoms with Crippen molar-refractivity contribution >= 4 is 54.8 Å². The first-order chi connectivity index (χ1) is 27.8. The number of aromatic nitrogens is 1. The summed E-state index contributed by atoms with van der Waals surface area (Å²) in [7, 11) is 0.